The van der Waals surface area contributed by atoms with Crippen molar-refractivity contribution < 1.29 is 4.79 Å². The van der Waals surface area contributed by atoms with E-state index in [1.54, 1.807) is 6.07 Å². The second-order valence-electron chi connectivity index (χ2n) is 7.52. The molecule has 0 fully saturated rings. The van der Waals surface area contributed by atoms with E-state index in [1.807, 2.05) is 35.8 Å². The van der Waals surface area contributed by atoms with Gasteiger partial charge in [0.05, 0.1) is 0 Å². The van der Waals surface area contributed by atoms with Crippen LogP contribution in [0.4, 0.5) is 5.69 Å². The molecule has 27 heavy (non-hydrogen) atoms. The third-order valence-electron chi connectivity index (χ3n) is 5.47. The number of aromatic nitrogens is 1. The molecule has 0 bridgehead atoms. The second-order valence-corrected chi connectivity index (χ2v) is 7.52. The van der Waals surface area contributed by atoms with Gasteiger partial charge in [0.15, 0.2) is 0 Å². The number of amides is 1. The zero-order chi connectivity index (χ0) is 19.2. The van der Waals surface area contributed by atoms with Crippen LogP contribution in [0.1, 0.15) is 72.6 Å². The lowest BCUT2D eigenvalue weighted by atomic mass is 9.96. The number of fused-ring (bicyclic) bond motifs is 1. The summed E-state index contributed by atoms with van der Waals surface area (Å²) in [6.07, 6.45) is 8.70. The van der Waals surface area contributed by atoms with Crippen LogP contribution in [-0.2, 0) is 19.4 Å². The fourth-order valence-corrected chi connectivity index (χ4v) is 3.89. The van der Waals surface area contributed by atoms with Crippen LogP contribution in [0.5, 0.6) is 0 Å². The van der Waals surface area contributed by atoms with E-state index < -0.39 is 0 Å². The molecular formula is C23H30N2O2. The molecule has 0 spiro atoms. The minimum atomic E-state index is -0.210. The van der Waals surface area contributed by atoms with Crippen LogP contribution in [0.15, 0.2) is 35.1 Å². The maximum absolute atomic E-state index is 13.1. The Kier molecular flexibility index (Phi) is 6.49. The third-order valence-corrected chi connectivity index (χ3v) is 5.47. The average Bonchev–Trinajstić information content (AvgIpc) is 2.64. The Bertz CT molecular complexity index is 867. The Balaban J connectivity index is 1.99. The van der Waals surface area contributed by atoms with Crippen molar-refractivity contribution in [3.05, 3.63) is 63.1 Å². The molecule has 0 atom stereocenters. The Morgan fingerprint density at radius 1 is 1.11 bits per heavy atom. The van der Waals surface area contributed by atoms with Gasteiger partial charge in [0, 0.05) is 17.8 Å². The topological polar surface area (TPSA) is 51.1 Å². The summed E-state index contributed by atoms with van der Waals surface area (Å²) in [5, 5.41) is 2.90. The van der Waals surface area contributed by atoms with Gasteiger partial charge in [-0.2, -0.15) is 0 Å². The van der Waals surface area contributed by atoms with E-state index in [9.17, 15) is 9.59 Å². The summed E-state index contributed by atoms with van der Waals surface area (Å²) in [5.74, 6) is -0.210. The second kappa shape index (κ2) is 9.03. The van der Waals surface area contributed by atoms with Crippen LogP contribution in [0.25, 0.3) is 0 Å². The maximum atomic E-state index is 13.1. The first kappa shape index (κ1) is 19.4. The lowest BCUT2D eigenvalue weighted by molar-refractivity contribution is 0.102. The molecule has 1 aliphatic carbocycles. The van der Waals surface area contributed by atoms with Crippen LogP contribution in [0, 0.1) is 6.92 Å². The number of carbonyl (C=O) groups excluding carboxylic acids is 1. The van der Waals surface area contributed by atoms with Gasteiger partial charge in [0.25, 0.3) is 11.5 Å². The highest BCUT2D eigenvalue weighted by Gasteiger charge is 2.18. The molecule has 1 N–H and O–H groups in total. The van der Waals surface area contributed by atoms with E-state index in [4.69, 9.17) is 0 Å². The zero-order valence-electron chi connectivity index (χ0n) is 16.5. The molecule has 2 aromatic rings. The molecule has 4 nitrogen and oxygen atoms in total. The highest BCUT2D eigenvalue weighted by atomic mass is 16.2. The SMILES string of the molecule is CCCCn1c2c(cc(NC(=O)c3ccccc3C)c1=O)CCCCCC2. The van der Waals surface area contributed by atoms with E-state index in [-0.39, 0.29) is 11.5 Å². The number of nitrogens with zero attached hydrogens (tertiary/aromatic N) is 1. The molecule has 144 valence electrons. The summed E-state index contributed by atoms with van der Waals surface area (Å²) >= 11 is 0. The van der Waals surface area contributed by atoms with Crippen molar-refractivity contribution in [1.82, 2.24) is 4.57 Å². The summed E-state index contributed by atoms with van der Waals surface area (Å²) in [5.41, 5.74) is 4.28. The van der Waals surface area contributed by atoms with Crippen molar-refractivity contribution in [1.29, 1.82) is 0 Å². The smallest absolute Gasteiger partial charge is 0.274 e. The van der Waals surface area contributed by atoms with E-state index in [0.717, 1.165) is 50.6 Å². The quantitative estimate of drug-likeness (QED) is 0.821. The van der Waals surface area contributed by atoms with Crippen LogP contribution in [-0.4, -0.2) is 10.5 Å². The van der Waals surface area contributed by atoms with E-state index >= 15 is 0 Å². The largest absolute Gasteiger partial charge is 0.317 e. The van der Waals surface area contributed by atoms with Gasteiger partial charge in [-0.1, -0.05) is 44.4 Å². The number of hydrogen-bond acceptors (Lipinski definition) is 2. The molecule has 1 heterocycles. The number of nitrogens with one attached hydrogen (secondary N) is 1. The van der Waals surface area contributed by atoms with Gasteiger partial charge in [-0.3, -0.25) is 9.59 Å². The molecule has 1 aromatic carbocycles. The van der Waals surface area contributed by atoms with Gasteiger partial charge in [-0.25, -0.2) is 0 Å². The Morgan fingerprint density at radius 2 is 1.85 bits per heavy atom. The standard InChI is InChI=1S/C23H30N2O2/c1-3-4-15-25-21-14-8-6-5-7-12-18(21)16-20(23(25)27)24-22(26)19-13-10-9-11-17(19)2/h9-11,13,16H,3-8,12,14-15H2,1-2H3,(H,24,26). The Labute approximate surface area is 161 Å². The molecule has 1 aromatic heterocycles. The molecule has 0 radical (unpaired) electrons. The van der Waals surface area contributed by atoms with Gasteiger partial charge >= 0.3 is 0 Å². The Hall–Kier alpha value is -2.36. The van der Waals surface area contributed by atoms with Crippen molar-refractivity contribution in [2.75, 3.05) is 5.32 Å². The summed E-state index contributed by atoms with van der Waals surface area (Å²) in [6, 6.07) is 9.40. The summed E-state index contributed by atoms with van der Waals surface area (Å²) in [7, 11) is 0. The predicted octanol–water partition coefficient (Wildman–Crippen LogP) is 4.87. The molecule has 0 saturated heterocycles. The van der Waals surface area contributed by atoms with Crippen molar-refractivity contribution in [2.24, 2.45) is 0 Å². The number of benzene rings is 1. The van der Waals surface area contributed by atoms with Crippen LogP contribution >= 0.6 is 0 Å². The van der Waals surface area contributed by atoms with Gasteiger partial charge in [-0.15, -0.1) is 0 Å². The van der Waals surface area contributed by atoms with E-state index in [2.05, 4.69) is 12.2 Å². The van der Waals surface area contributed by atoms with Crippen molar-refractivity contribution in [3.63, 3.8) is 0 Å². The normalized spacial score (nSPS) is 14.1. The summed E-state index contributed by atoms with van der Waals surface area (Å²) in [4.78, 5) is 25.9. The number of carbonyl (C=O) groups is 1. The predicted molar refractivity (Wildman–Crippen MR) is 111 cm³/mol. The van der Waals surface area contributed by atoms with Gasteiger partial charge < -0.3 is 9.88 Å². The number of unbranched alkanes of at least 4 members (excludes halogenated alkanes) is 1. The first-order valence-electron chi connectivity index (χ1n) is 10.2. The fraction of sp³-hybridized carbons (Fsp3) is 0.478. The molecule has 3 rings (SSSR count). The monoisotopic (exact) mass is 366 g/mol. The molecule has 1 aliphatic rings. The summed E-state index contributed by atoms with van der Waals surface area (Å²) < 4.78 is 1.93. The molecule has 4 heteroatoms. The first-order chi connectivity index (χ1) is 13.1. The number of rotatable bonds is 5. The van der Waals surface area contributed by atoms with Crippen molar-refractivity contribution in [3.8, 4) is 0 Å². The average molecular weight is 367 g/mol. The minimum absolute atomic E-state index is 0.0651. The number of anilines is 1. The van der Waals surface area contributed by atoms with E-state index in [0.29, 0.717) is 11.3 Å². The molecular weight excluding hydrogens is 336 g/mol. The lowest BCUT2D eigenvalue weighted by Crippen LogP contribution is -2.30. The van der Waals surface area contributed by atoms with E-state index in [1.165, 1.54) is 24.1 Å². The fourth-order valence-electron chi connectivity index (χ4n) is 3.89. The van der Waals surface area contributed by atoms with Gasteiger partial charge in [0.2, 0.25) is 0 Å². The highest BCUT2D eigenvalue weighted by Crippen LogP contribution is 2.22. The molecule has 1 amide bonds. The van der Waals surface area contributed by atoms with Crippen LogP contribution in [0.2, 0.25) is 0 Å². The van der Waals surface area contributed by atoms with Crippen molar-refractivity contribution in [2.45, 2.75) is 71.8 Å². The first-order valence-corrected chi connectivity index (χ1v) is 10.2. The van der Waals surface area contributed by atoms with Gasteiger partial charge in [0.1, 0.15) is 5.69 Å². The van der Waals surface area contributed by atoms with Gasteiger partial charge in [-0.05, 0) is 62.3 Å². The third kappa shape index (κ3) is 4.49. The maximum Gasteiger partial charge on any atom is 0.274 e. The minimum Gasteiger partial charge on any atom is -0.317 e. The molecule has 0 saturated carbocycles. The summed E-state index contributed by atoms with van der Waals surface area (Å²) in [6.45, 7) is 4.78. The molecule has 0 unspecified atom stereocenters. The Morgan fingerprint density at radius 3 is 2.59 bits per heavy atom. The van der Waals surface area contributed by atoms with Crippen LogP contribution < -0.4 is 10.9 Å². The number of pyridine rings is 1. The lowest BCUT2D eigenvalue weighted by Gasteiger charge is -2.21. The van der Waals surface area contributed by atoms with Crippen molar-refractivity contribution >= 4 is 11.6 Å². The van der Waals surface area contributed by atoms with Crippen LogP contribution in [0.3, 0.4) is 0 Å². The zero-order valence-corrected chi connectivity index (χ0v) is 16.5. The number of hydrogen-bond donors (Lipinski definition) is 1. The molecule has 0 aliphatic heterocycles. The number of aryl methyl sites for hydroxylation is 2. The highest BCUT2D eigenvalue weighted by molar-refractivity contribution is 6.05.